The van der Waals surface area contributed by atoms with E-state index in [4.69, 9.17) is 21.3 Å². The van der Waals surface area contributed by atoms with Crippen molar-refractivity contribution in [1.82, 2.24) is 0 Å². The SMILES string of the molecule is CCc1cc(C(N)C(N)CC(=O)O)ccc1OC. The summed E-state index contributed by atoms with van der Waals surface area (Å²) in [5, 5.41) is 8.71. The zero-order valence-corrected chi connectivity index (χ0v) is 10.7. The van der Waals surface area contributed by atoms with Crippen LogP contribution in [0, 0.1) is 0 Å². The fourth-order valence-electron chi connectivity index (χ4n) is 1.86. The zero-order chi connectivity index (χ0) is 13.7. The summed E-state index contributed by atoms with van der Waals surface area (Å²) in [5.41, 5.74) is 13.6. The van der Waals surface area contributed by atoms with Gasteiger partial charge in [0.15, 0.2) is 0 Å². The Bertz CT molecular complexity index is 421. The summed E-state index contributed by atoms with van der Waals surface area (Å²) < 4.78 is 5.23. The summed E-state index contributed by atoms with van der Waals surface area (Å²) >= 11 is 0. The van der Waals surface area contributed by atoms with Crippen molar-refractivity contribution in [2.75, 3.05) is 7.11 Å². The molecular weight excluding hydrogens is 232 g/mol. The van der Waals surface area contributed by atoms with Crippen LogP contribution in [0.3, 0.4) is 0 Å². The van der Waals surface area contributed by atoms with Gasteiger partial charge in [0, 0.05) is 12.1 Å². The number of aryl methyl sites for hydroxylation is 1. The molecular formula is C13H20N2O3. The molecule has 0 aliphatic carbocycles. The number of methoxy groups -OCH3 is 1. The minimum Gasteiger partial charge on any atom is -0.496 e. The van der Waals surface area contributed by atoms with Gasteiger partial charge in [0.2, 0.25) is 0 Å². The van der Waals surface area contributed by atoms with Crippen molar-refractivity contribution in [2.24, 2.45) is 11.5 Å². The molecule has 100 valence electrons. The summed E-state index contributed by atoms with van der Waals surface area (Å²) in [6.45, 7) is 2.02. The number of carboxylic acids is 1. The second-order valence-corrected chi connectivity index (χ2v) is 4.21. The summed E-state index contributed by atoms with van der Waals surface area (Å²) in [4.78, 5) is 10.6. The second-order valence-electron chi connectivity index (χ2n) is 4.21. The molecule has 1 aromatic carbocycles. The molecule has 5 N–H and O–H groups in total. The Morgan fingerprint density at radius 1 is 1.44 bits per heavy atom. The normalized spacial score (nSPS) is 14.0. The maximum Gasteiger partial charge on any atom is 0.304 e. The van der Waals surface area contributed by atoms with E-state index in [1.807, 2.05) is 25.1 Å². The van der Waals surface area contributed by atoms with Gasteiger partial charge in [-0.25, -0.2) is 0 Å². The number of carbonyl (C=O) groups is 1. The minimum absolute atomic E-state index is 0.144. The molecule has 18 heavy (non-hydrogen) atoms. The molecule has 1 rings (SSSR count). The van der Waals surface area contributed by atoms with E-state index in [0.29, 0.717) is 0 Å². The Morgan fingerprint density at radius 2 is 2.11 bits per heavy atom. The number of hydrogen-bond donors (Lipinski definition) is 3. The fraction of sp³-hybridized carbons (Fsp3) is 0.462. The molecule has 0 amide bonds. The summed E-state index contributed by atoms with van der Waals surface area (Å²) in [5.74, 6) is -0.137. The van der Waals surface area contributed by atoms with E-state index in [0.717, 1.165) is 23.3 Å². The van der Waals surface area contributed by atoms with Gasteiger partial charge in [-0.3, -0.25) is 4.79 Å². The quantitative estimate of drug-likeness (QED) is 0.703. The molecule has 5 heteroatoms. The van der Waals surface area contributed by atoms with Crippen LogP contribution in [0.4, 0.5) is 0 Å². The van der Waals surface area contributed by atoms with Crippen LogP contribution < -0.4 is 16.2 Å². The zero-order valence-electron chi connectivity index (χ0n) is 10.7. The lowest BCUT2D eigenvalue weighted by molar-refractivity contribution is -0.137. The molecule has 0 bridgehead atoms. The van der Waals surface area contributed by atoms with Crippen LogP contribution in [-0.2, 0) is 11.2 Å². The number of rotatable bonds is 6. The second kappa shape index (κ2) is 6.37. The van der Waals surface area contributed by atoms with Crippen LogP contribution in [0.2, 0.25) is 0 Å². The van der Waals surface area contributed by atoms with Gasteiger partial charge in [0.05, 0.1) is 13.5 Å². The Morgan fingerprint density at radius 3 is 2.61 bits per heavy atom. The third kappa shape index (κ3) is 3.45. The van der Waals surface area contributed by atoms with Gasteiger partial charge in [0.25, 0.3) is 0 Å². The van der Waals surface area contributed by atoms with Crippen LogP contribution >= 0.6 is 0 Å². The van der Waals surface area contributed by atoms with Gasteiger partial charge in [-0.05, 0) is 23.6 Å². The van der Waals surface area contributed by atoms with E-state index in [9.17, 15) is 4.79 Å². The smallest absolute Gasteiger partial charge is 0.304 e. The van der Waals surface area contributed by atoms with Crippen molar-refractivity contribution in [3.05, 3.63) is 29.3 Å². The van der Waals surface area contributed by atoms with E-state index in [-0.39, 0.29) is 6.42 Å². The van der Waals surface area contributed by atoms with Crippen molar-refractivity contribution in [1.29, 1.82) is 0 Å². The van der Waals surface area contributed by atoms with Gasteiger partial charge in [-0.15, -0.1) is 0 Å². The van der Waals surface area contributed by atoms with E-state index in [1.54, 1.807) is 7.11 Å². The molecule has 0 spiro atoms. The summed E-state index contributed by atoms with van der Waals surface area (Å²) in [6.07, 6.45) is 0.673. The third-order valence-electron chi connectivity index (χ3n) is 2.94. The highest BCUT2D eigenvalue weighted by molar-refractivity contribution is 5.67. The largest absolute Gasteiger partial charge is 0.496 e. The highest BCUT2D eigenvalue weighted by Gasteiger charge is 2.19. The molecule has 2 atom stereocenters. The number of aliphatic carboxylic acids is 1. The highest BCUT2D eigenvalue weighted by Crippen LogP contribution is 2.24. The molecule has 0 fully saturated rings. The Kier molecular flexibility index (Phi) is 5.12. The first-order valence-electron chi connectivity index (χ1n) is 5.89. The monoisotopic (exact) mass is 252 g/mol. The van der Waals surface area contributed by atoms with E-state index >= 15 is 0 Å². The number of nitrogens with two attached hydrogens (primary N) is 2. The molecule has 2 unspecified atom stereocenters. The van der Waals surface area contributed by atoms with Crippen LogP contribution in [0.25, 0.3) is 0 Å². The molecule has 0 radical (unpaired) electrons. The highest BCUT2D eigenvalue weighted by atomic mass is 16.5. The van der Waals surface area contributed by atoms with E-state index in [1.165, 1.54) is 0 Å². The molecule has 0 saturated heterocycles. The van der Waals surface area contributed by atoms with Gasteiger partial charge in [0.1, 0.15) is 5.75 Å². The van der Waals surface area contributed by atoms with Crippen molar-refractivity contribution in [3.63, 3.8) is 0 Å². The lowest BCUT2D eigenvalue weighted by atomic mass is 9.96. The Hall–Kier alpha value is -1.59. The maximum absolute atomic E-state index is 10.6. The maximum atomic E-state index is 10.6. The van der Waals surface area contributed by atoms with Gasteiger partial charge < -0.3 is 21.3 Å². The third-order valence-corrected chi connectivity index (χ3v) is 2.94. The van der Waals surface area contributed by atoms with Crippen molar-refractivity contribution >= 4 is 5.97 Å². The molecule has 5 nitrogen and oxygen atoms in total. The molecule has 0 saturated carbocycles. The van der Waals surface area contributed by atoms with Crippen LogP contribution in [0.5, 0.6) is 5.75 Å². The topological polar surface area (TPSA) is 98.6 Å². The van der Waals surface area contributed by atoms with Gasteiger partial charge in [-0.1, -0.05) is 19.1 Å². The average molecular weight is 252 g/mol. The Labute approximate surface area is 107 Å². The fourth-order valence-corrected chi connectivity index (χ4v) is 1.86. The summed E-state index contributed by atoms with van der Waals surface area (Å²) in [7, 11) is 1.62. The van der Waals surface area contributed by atoms with Gasteiger partial charge in [-0.2, -0.15) is 0 Å². The molecule has 0 aromatic heterocycles. The molecule has 0 heterocycles. The minimum atomic E-state index is -0.942. The number of benzene rings is 1. The molecule has 0 aliphatic rings. The van der Waals surface area contributed by atoms with E-state index in [2.05, 4.69) is 0 Å². The average Bonchev–Trinajstić information content (AvgIpc) is 2.36. The number of hydrogen-bond acceptors (Lipinski definition) is 4. The van der Waals surface area contributed by atoms with Crippen molar-refractivity contribution < 1.29 is 14.6 Å². The predicted octanol–water partition coefficient (Wildman–Crippen LogP) is 1.06. The van der Waals surface area contributed by atoms with Crippen molar-refractivity contribution in [3.8, 4) is 5.75 Å². The first-order chi connectivity index (χ1) is 8.49. The predicted molar refractivity (Wildman–Crippen MR) is 69.5 cm³/mol. The molecule has 1 aromatic rings. The van der Waals surface area contributed by atoms with Crippen LogP contribution in [0.1, 0.15) is 30.5 Å². The van der Waals surface area contributed by atoms with Crippen LogP contribution in [-0.4, -0.2) is 24.2 Å². The van der Waals surface area contributed by atoms with E-state index < -0.39 is 18.1 Å². The Balaban J connectivity index is 2.92. The first kappa shape index (κ1) is 14.5. The lowest BCUT2D eigenvalue weighted by Gasteiger charge is -2.20. The van der Waals surface area contributed by atoms with Crippen LogP contribution in [0.15, 0.2) is 18.2 Å². The number of carboxylic acid groups (broad SMARTS) is 1. The standard InChI is InChI=1S/C13H20N2O3/c1-3-8-6-9(4-5-11(8)18-2)13(15)10(14)7-12(16)17/h4-6,10,13H,3,7,14-15H2,1-2H3,(H,16,17). The summed E-state index contributed by atoms with van der Waals surface area (Å²) in [6, 6.07) is 4.50. The number of ether oxygens (including phenoxy) is 1. The first-order valence-corrected chi connectivity index (χ1v) is 5.89. The lowest BCUT2D eigenvalue weighted by Crippen LogP contribution is -2.36. The van der Waals surface area contributed by atoms with Gasteiger partial charge >= 0.3 is 5.97 Å². The van der Waals surface area contributed by atoms with Crippen molar-refractivity contribution in [2.45, 2.75) is 31.8 Å². The molecule has 0 aliphatic heterocycles.